The second kappa shape index (κ2) is 6.92. The topological polar surface area (TPSA) is 70.5 Å². The molecule has 0 bridgehead atoms. The van der Waals surface area contributed by atoms with Gasteiger partial charge in [-0.25, -0.2) is 9.37 Å². The summed E-state index contributed by atoms with van der Waals surface area (Å²) in [5.74, 6) is -2.61. The Hall–Kier alpha value is -2.28. The van der Waals surface area contributed by atoms with Crippen molar-refractivity contribution >= 4 is 23.2 Å². The lowest BCUT2D eigenvalue weighted by molar-refractivity contribution is -0.141. The van der Waals surface area contributed by atoms with Gasteiger partial charge in [0.2, 0.25) is 5.91 Å². The van der Waals surface area contributed by atoms with Crippen LogP contribution in [0.3, 0.4) is 0 Å². The van der Waals surface area contributed by atoms with E-state index >= 15 is 0 Å². The number of halogens is 1. The maximum atomic E-state index is 13.5. The number of carboxylic acid groups (broad SMARTS) is 1. The average molecular weight is 362 g/mol. The highest BCUT2D eigenvalue weighted by Gasteiger charge is 2.40. The highest BCUT2D eigenvalue weighted by atomic mass is 32.1. The van der Waals surface area contributed by atoms with E-state index in [1.54, 1.807) is 17.0 Å². The predicted octanol–water partition coefficient (Wildman–Crippen LogP) is 2.77. The van der Waals surface area contributed by atoms with Crippen LogP contribution in [0, 0.1) is 25.6 Å². The first-order valence-electron chi connectivity index (χ1n) is 8.04. The minimum absolute atomic E-state index is 0.114. The number of nitrogens with zero attached hydrogens (tertiary/aromatic N) is 2. The SMILES string of the molecule is Cc1nc(C)c(CC(=O)N2CC(C(=O)O)C(c3cccc(F)c3)C2)s1. The molecule has 5 nitrogen and oxygen atoms in total. The summed E-state index contributed by atoms with van der Waals surface area (Å²) >= 11 is 1.48. The van der Waals surface area contributed by atoms with Gasteiger partial charge in [0.15, 0.2) is 0 Å². The fourth-order valence-corrected chi connectivity index (χ4v) is 4.25. The zero-order valence-electron chi connectivity index (χ0n) is 14.0. The molecule has 2 heterocycles. The molecule has 0 spiro atoms. The molecule has 2 atom stereocenters. The summed E-state index contributed by atoms with van der Waals surface area (Å²) in [5.41, 5.74) is 1.46. The van der Waals surface area contributed by atoms with Crippen LogP contribution in [0.1, 0.15) is 27.1 Å². The number of amides is 1. The Labute approximate surface area is 149 Å². The molecule has 1 aliphatic heterocycles. The van der Waals surface area contributed by atoms with Crippen molar-refractivity contribution in [1.82, 2.24) is 9.88 Å². The normalized spacial score (nSPS) is 20.0. The monoisotopic (exact) mass is 362 g/mol. The van der Waals surface area contributed by atoms with Crippen LogP contribution in [-0.4, -0.2) is 40.0 Å². The van der Waals surface area contributed by atoms with E-state index in [1.165, 1.54) is 23.5 Å². The van der Waals surface area contributed by atoms with E-state index in [-0.39, 0.29) is 25.4 Å². The number of likely N-dealkylation sites (tertiary alicyclic amines) is 1. The number of aryl methyl sites for hydroxylation is 2. The molecule has 0 saturated carbocycles. The number of carboxylic acids is 1. The molecule has 1 aromatic carbocycles. The minimum atomic E-state index is -0.964. The first kappa shape index (κ1) is 17.5. The van der Waals surface area contributed by atoms with Crippen LogP contribution in [0.2, 0.25) is 0 Å². The largest absolute Gasteiger partial charge is 0.481 e. The maximum absolute atomic E-state index is 13.5. The molecule has 1 aromatic heterocycles. The third-order valence-electron chi connectivity index (χ3n) is 4.58. The summed E-state index contributed by atoms with van der Waals surface area (Å²) in [6, 6.07) is 5.96. The lowest BCUT2D eigenvalue weighted by Crippen LogP contribution is -2.31. The fraction of sp³-hybridized carbons (Fsp3) is 0.389. The lowest BCUT2D eigenvalue weighted by atomic mass is 9.89. The van der Waals surface area contributed by atoms with Gasteiger partial charge in [-0.2, -0.15) is 0 Å². The number of aromatic nitrogens is 1. The van der Waals surface area contributed by atoms with E-state index in [9.17, 15) is 19.1 Å². The van der Waals surface area contributed by atoms with Crippen molar-refractivity contribution in [3.05, 3.63) is 51.2 Å². The van der Waals surface area contributed by atoms with Crippen LogP contribution in [-0.2, 0) is 16.0 Å². The van der Waals surface area contributed by atoms with E-state index in [4.69, 9.17) is 0 Å². The van der Waals surface area contributed by atoms with Gasteiger partial charge in [0, 0.05) is 23.9 Å². The van der Waals surface area contributed by atoms with Gasteiger partial charge in [-0.1, -0.05) is 12.1 Å². The van der Waals surface area contributed by atoms with Gasteiger partial charge < -0.3 is 10.0 Å². The average Bonchev–Trinajstić information content (AvgIpc) is 3.11. The van der Waals surface area contributed by atoms with Crippen LogP contribution >= 0.6 is 11.3 Å². The number of benzene rings is 1. The Morgan fingerprint density at radius 2 is 2.12 bits per heavy atom. The standard InChI is InChI=1S/C18H19FN2O3S/c1-10-16(25-11(2)20-10)7-17(22)21-8-14(15(9-21)18(23)24)12-4-3-5-13(19)6-12/h3-6,14-15H,7-9H2,1-2H3,(H,23,24). The number of rotatable bonds is 4. The van der Waals surface area contributed by atoms with Crippen LogP contribution in [0.4, 0.5) is 4.39 Å². The first-order valence-corrected chi connectivity index (χ1v) is 8.85. The van der Waals surface area contributed by atoms with Gasteiger partial charge in [0.25, 0.3) is 0 Å². The van der Waals surface area contributed by atoms with Crippen molar-refractivity contribution in [1.29, 1.82) is 0 Å². The Morgan fingerprint density at radius 3 is 2.72 bits per heavy atom. The number of thiazole rings is 1. The van der Waals surface area contributed by atoms with E-state index in [0.717, 1.165) is 15.6 Å². The molecule has 2 aromatic rings. The second-order valence-electron chi connectivity index (χ2n) is 6.32. The van der Waals surface area contributed by atoms with Crippen LogP contribution in [0.25, 0.3) is 0 Å². The molecule has 1 saturated heterocycles. The Morgan fingerprint density at radius 1 is 1.36 bits per heavy atom. The fourth-order valence-electron chi connectivity index (χ4n) is 3.32. The van der Waals surface area contributed by atoms with Crippen molar-refractivity contribution in [3.8, 4) is 0 Å². The Balaban J connectivity index is 1.78. The van der Waals surface area contributed by atoms with E-state index in [2.05, 4.69) is 4.98 Å². The smallest absolute Gasteiger partial charge is 0.308 e. The highest BCUT2D eigenvalue weighted by molar-refractivity contribution is 7.11. The summed E-state index contributed by atoms with van der Waals surface area (Å²) < 4.78 is 13.5. The second-order valence-corrected chi connectivity index (χ2v) is 7.61. The molecule has 1 amide bonds. The molecule has 1 N–H and O–H groups in total. The minimum Gasteiger partial charge on any atom is -0.481 e. The van der Waals surface area contributed by atoms with Crippen LogP contribution in [0.15, 0.2) is 24.3 Å². The van der Waals surface area contributed by atoms with Gasteiger partial charge in [0.1, 0.15) is 5.82 Å². The van der Waals surface area contributed by atoms with E-state index in [1.807, 2.05) is 13.8 Å². The summed E-state index contributed by atoms with van der Waals surface area (Å²) in [6.45, 7) is 4.19. The molecule has 7 heteroatoms. The van der Waals surface area contributed by atoms with Crippen molar-refractivity contribution in [3.63, 3.8) is 0 Å². The predicted molar refractivity (Wildman–Crippen MR) is 92.1 cm³/mol. The number of aliphatic carboxylic acids is 1. The molecular weight excluding hydrogens is 343 g/mol. The van der Waals surface area contributed by atoms with Gasteiger partial charge in [-0.3, -0.25) is 9.59 Å². The molecule has 0 radical (unpaired) electrons. The first-order chi connectivity index (χ1) is 11.8. The van der Waals surface area contributed by atoms with Gasteiger partial charge in [-0.15, -0.1) is 11.3 Å². The molecule has 25 heavy (non-hydrogen) atoms. The molecular formula is C18H19FN2O3S. The number of hydrogen-bond acceptors (Lipinski definition) is 4. The Bertz CT molecular complexity index is 820. The van der Waals surface area contributed by atoms with Crippen LogP contribution < -0.4 is 0 Å². The summed E-state index contributed by atoms with van der Waals surface area (Å²) in [5, 5.41) is 10.4. The zero-order chi connectivity index (χ0) is 18.1. The summed E-state index contributed by atoms with van der Waals surface area (Å²) in [7, 11) is 0. The molecule has 3 rings (SSSR count). The van der Waals surface area contributed by atoms with Crippen molar-refractivity contribution in [2.24, 2.45) is 5.92 Å². The van der Waals surface area contributed by atoms with Gasteiger partial charge in [-0.05, 0) is 31.5 Å². The summed E-state index contributed by atoms with van der Waals surface area (Å²) in [6.07, 6.45) is 0.222. The lowest BCUT2D eigenvalue weighted by Gasteiger charge is -2.16. The molecule has 0 aliphatic carbocycles. The Kier molecular flexibility index (Phi) is 4.85. The molecule has 1 aliphatic rings. The molecule has 2 unspecified atom stereocenters. The maximum Gasteiger partial charge on any atom is 0.308 e. The zero-order valence-corrected chi connectivity index (χ0v) is 14.8. The molecule has 132 valence electrons. The van der Waals surface area contributed by atoms with Crippen LogP contribution in [0.5, 0.6) is 0 Å². The number of hydrogen-bond donors (Lipinski definition) is 1. The van der Waals surface area contributed by atoms with Crippen molar-refractivity contribution in [2.45, 2.75) is 26.2 Å². The van der Waals surface area contributed by atoms with Gasteiger partial charge >= 0.3 is 5.97 Å². The third kappa shape index (κ3) is 3.71. The van der Waals surface area contributed by atoms with Crippen molar-refractivity contribution < 1.29 is 19.1 Å². The number of carbonyl (C=O) groups excluding carboxylic acids is 1. The van der Waals surface area contributed by atoms with Crippen molar-refractivity contribution in [2.75, 3.05) is 13.1 Å². The quantitative estimate of drug-likeness (QED) is 0.908. The summed E-state index contributed by atoms with van der Waals surface area (Å²) in [4.78, 5) is 31.0. The molecule has 1 fully saturated rings. The van der Waals surface area contributed by atoms with E-state index < -0.39 is 23.6 Å². The number of carbonyl (C=O) groups is 2. The van der Waals surface area contributed by atoms with E-state index in [0.29, 0.717) is 5.56 Å². The van der Waals surface area contributed by atoms with Gasteiger partial charge in [0.05, 0.1) is 23.0 Å². The third-order valence-corrected chi connectivity index (χ3v) is 5.65. The highest BCUT2D eigenvalue weighted by Crippen LogP contribution is 2.34.